The molecule has 2 aliphatic rings. The van der Waals surface area contributed by atoms with Crippen LogP contribution in [-0.2, 0) is 17.6 Å². The van der Waals surface area contributed by atoms with E-state index in [4.69, 9.17) is 4.98 Å². The SMILES string of the molecule is C=C(CC(=O)CC1CCc2nccc(C3CCN[C@@H](C)C3)c2CC1)c1cn2cc(C)nc2cc1F.[HH].[HH]. The number of aromatic nitrogens is 3. The maximum atomic E-state index is 14.7. The molecule has 6 heteroatoms. The Morgan fingerprint density at radius 2 is 2.11 bits per heavy atom. The van der Waals surface area contributed by atoms with Crippen LogP contribution in [-0.4, -0.2) is 32.7 Å². The molecule has 1 N–H and O–H groups in total. The van der Waals surface area contributed by atoms with Gasteiger partial charge in [-0.15, -0.1) is 0 Å². The first-order valence-electron chi connectivity index (χ1n) is 12.9. The molecular formula is C29H39FN4O. The van der Waals surface area contributed by atoms with E-state index in [1.165, 1.54) is 35.7 Å². The minimum atomic E-state index is -0.378. The summed E-state index contributed by atoms with van der Waals surface area (Å²) >= 11 is 0. The first-order chi connectivity index (χ1) is 16.9. The van der Waals surface area contributed by atoms with Crippen LogP contribution in [0.25, 0.3) is 11.2 Å². The number of nitrogens with one attached hydrogen (secondary N) is 1. The number of halogens is 1. The molecule has 0 amide bonds. The molecule has 188 valence electrons. The monoisotopic (exact) mass is 478 g/mol. The summed E-state index contributed by atoms with van der Waals surface area (Å²) in [6.07, 6.45) is 12.4. The van der Waals surface area contributed by atoms with Crippen molar-refractivity contribution in [3.8, 4) is 0 Å². The molecule has 0 saturated carbocycles. The molecule has 0 bridgehead atoms. The summed E-state index contributed by atoms with van der Waals surface area (Å²) in [5.41, 5.74) is 6.43. The molecule has 3 aromatic heterocycles. The van der Waals surface area contributed by atoms with Gasteiger partial charge >= 0.3 is 0 Å². The molecule has 3 atom stereocenters. The van der Waals surface area contributed by atoms with Crippen molar-refractivity contribution >= 4 is 17.0 Å². The van der Waals surface area contributed by atoms with Crippen molar-refractivity contribution in [3.05, 3.63) is 71.2 Å². The minimum absolute atomic E-state index is 0. The average molecular weight is 479 g/mol. The van der Waals surface area contributed by atoms with Gasteiger partial charge in [-0.3, -0.25) is 9.78 Å². The van der Waals surface area contributed by atoms with Gasteiger partial charge in [0.2, 0.25) is 0 Å². The fourth-order valence-corrected chi connectivity index (χ4v) is 6.02. The van der Waals surface area contributed by atoms with Crippen LogP contribution in [0.5, 0.6) is 0 Å². The third kappa shape index (κ3) is 5.22. The summed E-state index contributed by atoms with van der Waals surface area (Å²) in [5, 5.41) is 3.56. The number of ketones is 1. The van der Waals surface area contributed by atoms with E-state index in [1.54, 1.807) is 10.6 Å². The molecule has 5 rings (SSSR count). The van der Waals surface area contributed by atoms with Crippen molar-refractivity contribution < 1.29 is 12.0 Å². The second kappa shape index (κ2) is 10.0. The molecule has 1 aliphatic heterocycles. The van der Waals surface area contributed by atoms with Crippen LogP contribution in [0.1, 0.15) is 82.3 Å². The summed E-state index contributed by atoms with van der Waals surface area (Å²) in [5.74, 6) is 0.674. The lowest BCUT2D eigenvalue weighted by Gasteiger charge is -2.30. The van der Waals surface area contributed by atoms with Crippen LogP contribution in [0, 0.1) is 18.7 Å². The van der Waals surface area contributed by atoms with Gasteiger partial charge in [0.25, 0.3) is 0 Å². The summed E-state index contributed by atoms with van der Waals surface area (Å²) in [4.78, 5) is 22.0. The first kappa shape index (κ1) is 23.9. The van der Waals surface area contributed by atoms with E-state index >= 15 is 0 Å². The number of aryl methyl sites for hydroxylation is 2. The zero-order valence-electron chi connectivity index (χ0n) is 20.8. The molecular weight excluding hydrogens is 439 g/mol. The van der Waals surface area contributed by atoms with Crippen LogP contribution in [0.4, 0.5) is 4.39 Å². The number of Topliss-reactive ketones (excluding diaryl/α,β-unsaturated/α-hetero) is 1. The fraction of sp³-hybridized carbons (Fsp3) is 0.483. The Labute approximate surface area is 209 Å². The summed E-state index contributed by atoms with van der Waals surface area (Å²) < 4.78 is 16.5. The predicted octanol–water partition coefficient (Wildman–Crippen LogP) is 6.08. The quantitative estimate of drug-likeness (QED) is 0.436. The molecule has 0 spiro atoms. The lowest BCUT2D eigenvalue weighted by atomic mass is 9.83. The van der Waals surface area contributed by atoms with Gasteiger partial charge in [-0.2, -0.15) is 0 Å². The Morgan fingerprint density at radius 1 is 1.29 bits per heavy atom. The normalized spacial score (nSPS) is 22.5. The highest BCUT2D eigenvalue weighted by atomic mass is 19.1. The second-order valence-electron chi connectivity index (χ2n) is 10.6. The van der Waals surface area contributed by atoms with Gasteiger partial charge in [-0.25, -0.2) is 9.37 Å². The Hall–Kier alpha value is -2.86. The van der Waals surface area contributed by atoms with Crippen molar-refractivity contribution in [1.82, 2.24) is 19.7 Å². The first-order valence-corrected chi connectivity index (χ1v) is 12.9. The zero-order valence-corrected chi connectivity index (χ0v) is 20.8. The van der Waals surface area contributed by atoms with Gasteiger partial charge < -0.3 is 9.72 Å². The van der Waals surface area contributed by atoms with Crippen LogP contribution in [0.3, 0.4) is 0 Å². The predicted molar refractivity (Wildman–Crippen MR) is 141 cm³/mol. The maximum Gasteiger partial charge on any atom is 0.139 e. The van der Waals surface area contributed by atoms with E-state index in [9.17, 15) is 9.18 Å². The van der Waals surface area contributed by atoms with E-state index in [0.29, 0.717) is 41.1 Å². The number of hydrogen-bond acceptors (Lipinski definition) is 4. The number of piperidine rings is 1. The van der Waals surface area contributed by atoms with Crippen molar-refractivity contribution in [3.63, 3.8) is 0 Å². The molecule has 5 nitrogen and oxygen atoms in total. The molecule has 0 aromatic carbocycles. The smallest absolute Gasteiger partial charge is 0.139 e. The Morgan fingerprint density at radius 3 is 2.94 bits per heavy atom. The Kier molecular flexibility index (Phi) is 6.83. The van der Waals surface area contributed by atoms with E-state index in [-0.39, 0.29) is 20.9 Å². The molecule has 1 fully saturated rings. The highest BCUT2D eigenvalue weighted by molar-refractivity contribution is 5.89. The van der Waals surface area contributed by atoms with Crippen molar-refractivity contribution in [1.29, 1.82) is 0 Å². The average Bonchev–Trinajstić information content (AvgIpc) is 3.05. The number of rotatable bonds is 6. The third-order valence-corrected chi connectivity index (χ3v) is 7.81. The minimum Gasteiger partial charge on any atom is -0.314 e. The standard InChI is InChI=1S/C29H35FN4O.2H2/c1-18(26-17-34-16-20(3)33-29(34)15-27(26)30)12-23(35)14-21-4-6-25-24(9-11-32-28(25)7-5-21)22-8-10-31-19(2)13-22;;/h9,11,15-17,19,21-22,31H,1,4-8,10,12-14H2,2-3H3;2*1H/t19-,21?,22?;;/m0../s1. The number of imidazole rings is 1. The summed E-state index contributed by atoms with van der Waals surface area (Å²) in [6.45, 7) is 9.25. The Bertz CT molecular complexity index is 1270. The molecule has 35 heavy (non-hydrogen) atoms. The van der Waals surface area contributed by atoms with E-state index in [0.717, 1.165) is 37.9 Å². The highest BCUT2D eigenvalue weighted by Crippen LogP contribution is 2.35. The van der Waals surface area contributed by atoms with E-state index in [1.807, 2.05) is 19.3 Å². The number of carbonyl (C=O) groups excluding carboxylic acids is 1. The third-order valence-electron chi connectivity index (χ3n) is 7.81. The van der Waals surface area contributed by atoms with E-state index < -0.39 is 0 Å². The molecule has 2 unspecified atom stereocenters. The van der Waals surface area contributed by atoms with Gasteiger partial charge in [0, 0.05) is 57.7 Å². The van der Waals surface area contributed by atoms with Gasteiger partial charge in [-0.1, -0.05) is 6.58 Å². The number of fused-ring (bicyclic) bond motifs is 2. The molecule has 1 saturated heterocycles. The van der Waals surface area contributed by atoms with Crippen LogP contribution in [0.15, 0.2) is 37.3 Å². The van der Waals surface area contributed by atoms with Crippen molar-refractivity contribution in [2.24, 2.45) is 5.92 Å². The number of pyridine rings is 2. The van der Waals surface area contributed by atoms with Gasteiger partial charge in [0.15, 0.2) is 0 Å². The molecule has 4 heterocycles. The fourth-order valence-electron chi connectivity index (χ4n) is 6.02. The van der Waals surface area contributed by atoms with Crippen LogP contribution < -0.4 is 5.32 Å². The summed E-state index contributed by atoms with van der Waals surface area (Å²) in [6, 6.07) is 4.18. The van der Waals surface area contributed by atoms with Crippen molar-refractivity contribution in [2.75, 3.05) is 6.54 Å². The van der Waals surface area contributed by atoms with Crippen molar-refractivity contribution in [2.45, 2.75) is 77.2 Å². The lowest BCUT2D eigenvalue weighted by molar-refractivity contribution is -0.119. The van der Waals surface area contributed by atoms with Gasteiger partial charge in [0.05, 0.1) is 5.69 Å². The van der Waals surface area contributed by atoms with E-state index in [2.05, 4.69) is 29.9 Å². The number of hydrogen-bond donors (Lipinski definition) is 1. The highest BCUT2D eigenvalue weighted by Gasteiger charge is 2.27. The van der Waals surface area contributed by atoms with Crippen LogP contribution in [0.2, 0.25) is 0 Å². The topological polar surface area (TPSA) is 59.3 Å². The van der Waals surface area contributed by atoms with Crippen LogP contribution >= 0.6 is 0 Å². The molecule has 3 aromatic rings. The molecule has 0 radical (unpaired) electrons. The maximum absolute atomic E-state index is 14.7. The number of carbonyl (C=O) groups is 1. The number of nitrogens with zero attached hydrogens (tertiary/aromatic N) is 3. The number of allylic oxidation sites excluding steroid dienone is 1. The Balaban J connectivity index is 0.00000190. The molecule has 1 aliphatic carbocycles. The summed E-state index contributed by atoms with van der Waals surface area (Å²) in [7, 11) is 0. The lowest BCUT2D eigenvalue weighted by Crippen LogP contribution is -2.35. The van der Waals surface area contributed by atoms with Gasteiger partial charge in [0.1, 0.15) is 17.2 Å². The largest absolute Gasteiger partial charge is 0.314 e. The van der Waals surface area contributed by atoms with Gasteiger partial charge in [-0.05, 0) is 93.5 Å². The zero-order chi connectivity index (χ0) is 24.5. The second-order valence-corrected chi connectivity index (χ2v) is 10.6.